The topological polar surface area (TPSA) is 66.3 Å². The summed E-state index contributed by atoms with van der Waals surface area (Å²) in [5.41, 5.74) is 0.697. The van der Waals surface area contributed by atoms with Crippen molar-refractivity contribution in [2.45, 2.75) is 39.0 Å². The van der Waals surface area contributed by atoms with Gasteiger partial charge in [-0.25, -0.2) is 14.8 Å². The highest BCUT2D eigenvalue weighted by Crippen LogP contribution is 2.25. The number of aryl methyl sites for hydroxylation is 1. The fourth-order valence-corrected chi connectivity index (χ4v) is 2.69. The van der Waals surface area contributed by atoms with E-state index in [1.54, 1.807) is 6.92 Å². The zero-order valence-electron chi connectivity index (χ0n) is 11.6. The molecule has 2 rings (SSSR count). The Morgan fingerprint density at radius 2 is 2.11 bits per heavy atom. The van der Waals surface area contributed by atoms with Gasteiger partial charge in [0.05, 0.1) is 11.3 Å². The molecule has 0 atom stereocenters. The number of carbonyl (C=O) groups is 1. The molecule has 1 fully saturated rings. The summed E-state index contributed by atoms with van der Waals surface area (Å²) in [6.07, 6.45) is 7.93. The zero-order valence-corrected chi connectivity index (χ0v) is 11.6. The van der Waals surface area contributed by atoms with Crippen LogP contribution < -0.4 is 4.90 Å². The van der Waals surface area contributed by atoms with Gasteiger partial charge >= 0.3 is 5.97 Å². The maximum Gasteiger partial charge on any atom is 0.339 e. The van der Waals surface area contributed by atoms with Crippen LogP contribution >= 0.6 is 0 Å². The van der Waals surface area contributed by atoms with Gasteiger partial charge in [-0.1, -0.05) is 19.3 Å². The summed E-state index contributed by atoms with van der Waals surface area (Å²) in [7, 11) is 1.98. The third kappa shape index (κ3) is 3.43. The second-order valence-corrected chi connectivity index (χ2v) is 5.36. The van der Waals surface area contributed by atoms with Crippen LogP contribution in [-0.4, -0.2) is 34.6 Å². The lowest BCUT2D eigenvalue weighted by Gasteiger charge is -2.27. The molecule has 1 N–H and O–H groups in total. The highest BCUT2D eigenvalue weighted by molar-refractivity contribution is 5.88. The minimum absolute atomic E-state index is 0.176. The lowest BCUT2D eigenvalue weighted by molar-refractivity contribution is 0.0695. The Hall–Kier alpha value is -1.65. The van der Waals surface area contributed by atoms with Crippen LogP contribution in [0.15, 0.2) is 6.20 Å². The Balaban J connectivity index is 2.04. The van der Waals surface area contributed by atoms with Crippen molar-refractivity contribution in [1.82, 2.24) is 9.97 Å². The number of rotatable bonds is 4. The van der Waals surface area contributed by atoms with Gasteiger partial charge in [-0.15, -0.1) is 0 Å². The summed E-state index contributed by atoms with van der Waals surface area (Å²) in [4.78, 5) is 21.4. The summed E-state index contributed by atoms with van der Waals surface area (Å²) in [5, 5.41) is 8.96. The Bertz CT molecular complexity index is 456. The number of aromatic nitrogens is 2. The molecule has 1 aromatic heterocycles. The molecule has 104 valence electrons. The van der Waals surface area contributed by atoms with Crippen LogP contribution in [0, 0.1) is 12.8 Å². The zero-order chi connectivity index (χ0) is 13.8. The van der Waals surface area contributed by atoms with E-state index in [9.17, 15) is 4.79 Å². The molecule has 0 saturated heterocycles. The molecule has 0 amide bonds. The maximum absolute atomic E-state index is 10.9. The first kappa shape index (κ1) is 13.8. The number of hydrogen-bond acceptors (Lipinski definition) is 4. The molecule has 0 bridgehead atoms. The van der Waals surface area contributed by atoms with Gasteiger partial charge in [-0.2, -0.15) is 0 Å². The van der Waals surface area contributed by atoms with Crippen LogP contribution in [0.4, 0.5) is 5.95 Å². The van der Waals surface area contributed by atoms with Crippen LogP contribution in [-0.2, 0) is 0 Å². The van der Waals surface area contributed by atoms with Crippen molar-refractivity contribution in [3.05, 3.63) is 17.5 Å². The van der Waals surface area contributed by atoms with E-state index in [0.29, 0.717) is 17.6 Å². The van der Waals surface area contributed by atoms with Gasteiger partial charge in [0.2, 0.25) is 5.95 Å². The van der Waals surface area contributed by atoms with Gasteiger partial charge < -0.3 is 10.0 Å². The molecular formula is C14H21N3O2. The Morgan fingerprint density at radius 1 is 1.42 bits per heavy atom. The normalized spacial score (nSPS) is 16.3. The first-order chi connectivity index (χ1) is 9.08. The molecule has 0 aliphatic heterocycles. The molecule has 1 aliphatic carbocycles. The molecule has 0 aromatic carbocycles. The van der Waals surface area contributed by atoms with E-state index >= 15 is 0 Å². The molecule has 1 heterocycles. The van der Waals surface area contributed by atoms with Gasteiger partial charge in [0, 0.05) is 19.8 Å². The second kappa shape index (κ2) is 5.99. The van der Waals surface area contributed by atoms with Gasteiger partial charge in [0.15, 0.2) is 0 Å². The van der Waals surface area contributed by atoms with E-state index in [1.807, 2.05) is 11.9 Å². The lowest BCUT2D eigenvalue weighted by atomic mass is 9.89. The third-order valence-corrected chi connectivity index (χ3v) is 3.80. The van der Waals surface area contributed by atoms with Gasteiger partial charge in [0.1, 0.15) is 0 Å². The third-order valence-electron chi connectivity index (χ3n) is 3.80. The van der Waals surface area contributed by atoms with E-state index in [4.69, 9.17) is 5.11 Å². The maximum atomic E-state index is 10.9. The standard InChI is InChI=1S/C14H21N3O2/c1-10-12(13(18)19)8-15-14(16-10)17(2)9-11-6-4-3-5-7-11/h8,11H,3-7,9H2,1-2H3,(H,18,19). The van der Waals surface area contributed by atoms with Crippen LogP contribution in [0.25, 0.3) is 0 Å². The number of hydrogen-bond donors (Lipinski definition) is 1. The van der Waals surface area contributed by atoms with E-state index < -0.39 is 5.97 Å². The van der Waals surface area contributed by atoms with Crippen molar-refractivity contribution in [2.24, 2.45) is 5.92 Å². The van der Waals surface area contributed by atoms with E-state index in [2.05, 4.69) is 9.97 Å². The first-order valence-electron chi connectivity index (χ1n) is 6.86. The average molecular weight is 263 g/mol. The van der Waals surface area contributed by atoms with Gasteiger partial charge in [-0.05, 0) is 25.7 Å². The summed E-state index contributed by atoms with van der Waals surface area (Å²) >= 11 is 0. The Kier molecular flexibility index (Phi) is 4.35. The Morgan fingerprint density at radius 3 is 2.68 bits per heavy atom. The minimum Gasteiger partial charge on any atom is -0.478 e. The minimum atomic E-state index is -0.973. The van der Waals surface area contributed by atoms with E-state index in [0.717, 1.165) is 6.54 Å². The van der Waals surface area contributed by atoms with Crippen molar-refractivity contribution in [3.8, 4) is 0 Å². The lowest BCUT2D eigenvalue weighted by Crippen LogP contribution is -2.28. The van der Waals surface area contributed by atoms with E-state index in [1.165, 1.54) is 38.3 Å². The second-order valence-electron chi connectivity index (χ2n) is 5.36. The predicted octanol–water partition coefficient (Wildman–Crippen LogP) is 2.50. The predicted molar refractivity (Wildman–Crippen MR) is 73.6 cm³/mol. The van der Waals surface area contributed by atoms with Gasteiger partial charge in [-0.3, -0.25) is 0 Å². The summed E-state index contributed by atoms with van der Waals surface area (Å²) in [6, 6.07) is 0. The number of carboxylic acid groups (broad SMARTS) is 1. The molecule has 5 heteroatoms. The Labute approximate surface area is 113 Å². The summed E-state index contributed by atoms with van der Waals surface area (Å²) in [5.74, 6) is 0.355. The first-order valence-corrected chi connectivity index (χ1v) is 6.86. The molecule has 1 saturated carbocycles. The largest absolute Gasteiger partial charge is 0.478 e. The van der Waals surface area contributed by atoms with Crippen LogP contribution in [0.3, 0.4) is 0 Å². The van der Waals surface area contributed by atoms with Crippen LogP contribution in [0.1, 0.15) is 48.2 Å². The summed E-state index contributed by atoms with van der Waals surface area (Å²) < 4.78 is 0. The number of nitrogens with zero attached hydrogens (tertiary/aromatic N) is 3. The molecule has 0 radical (unpaired) electrons. The highest BCUT2D eigenvalue weighted by atomic mass is 16.4. The molecule has 0 unspecified atom stereocenters. The van der Waals surface area contributed by atoms with Crippen molar-refractivity contribution in [1.29, 1.82) is 0 Å². The quantitative estimate of drug-likeness (QED) is 0.904. The van der Waals surface area contributed by atoms with Crippen molar-refractivity contribution >= 4 is 11.9 Å². The van der Waals surface area contributed by atoms with Crippen molar-refractivity contribution in [3.63, 3.8) is 0 Å². The smallest absolute Gasteiger partial charge is 0.339 e. The molecule has 1 aliphatic rings. The molecule has 5 nitrogen and oxygen atoms in total. The summed E-state index contributed by atoms with van der Waals surface area (Å²) in [6.45, 7) is 2.66. The van der Waals surface area contributed by atoms with Gasteiger partial charge in [0.25, 0.3) is 0 Å². The van der Waals surface area contributed by atoms with Crippen LogP contribution in [0.2, 0.25) is 0 Å². The molecule has 19 heavy (non-hydrogen) atoms. The molecule has 0 spiro atoms. The number of carboxylic acids is 1. The van der Waals surface area contributed by atoms with Crippen molar-refractivity contribution in [2.75, 3.05) is 18.5 Å². The van der Waals surface area contributed by atoms with E-state index in [-0.39, 0.29) is 5.56 Å². The molecular weight excluding hydrogens is 242 g/mol. The average Bonchev–Trinajstić information content (AvgIpc) is 2.39. The monoisotopic (exact) mass is 263 g/mol. The highest BCUT2D eigenvalue weighted by Gasteiger charge is 2.18. The fourth-order valence-electron chi connectivity index (χ4n) is 2.69. The fraction of sp³-hybridized carbons (Fsp3) is 0.643. The SMILES string of the molecule is Cc1nc(N(C)CC2CCCCC2)ncc1C(=O)O. The van der Waals surface area contributed by atoms with Crippen LogP contribution in [0.5, 0.6) is 0 Å². The molecule has 1 aromatic rings. The number of aromatic carboxylic acids is 1. The number of anilines is 1. The van der Waals surface area contributed by atoms with Crippen molar-refractivity contribution < 1.29 is 9.90 Å².